The quantitative estimate of drug-likeness (QED) is 0.787. The van der Waals surface area contributed by atoms with E-state index in [-0.39, 0.29) is 0 Å². The van der Waals surface area contributed by atoms with E-state index >= 15 is 0 Å². The Morgan fingerprint density at radius 1 is 1.12 bits per heavy atom. The van der Waals surface area contributed by atoms with Crippen molar-refractivity contribution in [1.82, 2.24) is 19.7 Å². The van der Waals surface area contributed by atoms with E-state index in [4.69, 9.17) is 0 Å². The molecule has 0 aliphatic carbocycles. The molecule has 0 atom stereocenters. The number of rotatable bonds is 4. The van der Waals surface area contributed by atoms with Gasteiger partial charge < -0.3 is 5.11 Å². The molecule has 134 valence electrons. The van der Waals surface area contributed by atoms with Gasteiger partial charge in [-0.2, -0.15) is 5.10 Å². The molecule has 1 N–H and O–H groups in total. The maximum atomic E-state index is 11.0. The lowest BCUT2D eigenvalue weighted by Gasteiger charge is -2.37. The normalized spacial score (nSPS) is 17.3. The van der Waals surface area contributed by atoms with Crippen molar-refractivity contribution in [2.75, 3.05) is 13.1 Å². The summed E-state index contributed by atoms with van der Waals surface area (Å²) in [4.78, 5) is 6.84. The fraction of sp³-hybridized carbons (Fsp3) is 0.333. The molecular weight excluding hydrogens is 324 g/mol. The van der Waals surface area contributed by atoms with E-state index in [1.165, 1.54) is 5.56 Å². The Morgan fingerprint density at radius 3 is 2.65 bits per heavy atom. The summed E-state index contributed by atoms with van der Waals surface area (Å²) in [5.41, 5.74) is 3.44. The van der Waals surface area contributed by atoms with Gasteiger partial charge in [0.15, 0.2) is 0 Å². The zero-order valence-corrected chi connectivity index (χ0v) is 15.0. The van der Waals surface area contributed by atoms with Crippen molar-refractivity contribution in [2.24, 2.45) is 0 Å². The first-order chi connectivity index (χ1) is 12.6. The molecule has 1 aromatic carbocycles. The van der Waals surface area contributed by atoms with Crippen molar-refractivity contribution < 1.29 is 5.11 Å². The summed E-state index contributed by atoms with van der Waals surface area (Å²) in [7, 11) is 0. The van der Waals surface area contributed by atoms with Gasteiger partial charge in [-0.05, 0) is 55.2 Å². The fourth-order valence-corrected chi connectivity index (χ4v) is 3.56. The number of aliphatic hydroxyl groups is 1. The number of hydrogen-bond donors (Lipinski definition) is 1. The first kappa shape index (κ1) is 16.9. The molecule has 0 unspecified atom stereocenters. The van der Waals surface area contributed by atoms with Crippen LogP contribution in [0.3, 0.4) is 0 Å². The van der Waals surface area contributed by atoms with E-state index in [1.807, 2.05) is 42.2 Å². The Bertz CT molecular complexity index is 850. The van der Waals surface area contributed by atoms with Crippen LogP contribution >= 0.6 is 0 Å². The third kappa shape index (κ3) is 3.54. The van der Waals surface area contributed by atoms with Crippen LogP contribution in [0.25, 0.3) is 5.69 Å². The molecule has 4 rings (SSSR count). The predicted octanol–water partition coefficient (Wildman–Crippen LogP) is 3.06. The third-order valence-corrected chi connectivity index (χ3v) is 5.16. The van der Waals surface area contributed by atoms with E-state index < -0.39 is 5.60 Å². The number of aromatic nitrogens is 3. The maximum absolute atomic E-state index is 11.0. The lowest BCUT2D eigenvalue weighted by molar-refractivity contribution is -0.0311. The fourth-order valence-electron chi connectivity index (χ4n) is 3.56. The number of benzene rings is 1. The van der Waals surface area contributed by atoms with E-state index in [2.05, 4.69) is 39.2 Å². The number of hydrogen-bond acceptors (Lipinski definition) is 4. The monoisotopic (exact) mass is 348 g/mol. The molecule has 1 aliphatic rings. The van der Waals surface area contributed by atoms with Gasteiger partial charge in [0.2, 0.25) is 0 Å². The van der Waals surface area contributed by atoms with Crippen LogP contribution in [0.15, 0.2) is 61.1 Å². The largest absolute Gasteiger partial charge is 0.383 e. The van der Waals surface area contributed by atoms with Gasteiger partial charge in [0, 0.05) is 38.2 Å². The number of pyridine rings is 1. The van der Waals surface area contributed by atoms with Crippen LogP contribution in [0.5, 0.6) is 0 Å². The van der Waals surface area contributed by atoms with Gasteiger partial charge in [0.1, 0.15) is 5.60 Å². The predicted molar refractivity (Wildman–Crippen MR) is 101 cm³/mol. The second kappa shape index (κ2) is 7.02. The summed E-state index contributed by atoms with van der Waals surface area (Å²) < 4.78 is 1.88. The van der Waals surface area contributed by atoms with Crippen molar-refractivity contribution >= 4 is 0 Å². The molecule has 0 amide bonds. The summed E-state index contributed by atoms with van der Waals surface area (Å²) in [5, 5.41) is 15.3. The molecule has 0 radical (unpaired) electrons. The molecule has 1 fully saturated rings. The van der Waals surface area contributed by atoms with Crippen LogP contribution in [0.4, 0.5) is 0 Å². The first-order valence-corrected chi connectivity index (χ1v) is 9.09. The van der Waals surface area contributed by atoms with Gasteiger partial charge >= 0.3 is 0 Å². The summed E-state index contributed by atoms with van der Waals surface area (Å²) >= 11 is 0. The van der Waals surface area contributed by atoms with Crippen LogP contribution in [0.2, 0.25) is 0 Å². The lowest BCUT2D eigenvalue weighted by atomic mass is 9.87. The minimum Gasteiger partial charge on any atom is -0.383 e. The van der Waals surface area contributed by atoms with Gasteiger partial charge in [-0.25, -0.2) is 4.68 Å². The molecule has 5 nitrogen and oxygen atoms in total. The zero-order chi connectivity index (χ0) is 18.0. The molecule has 2 aromatic heterocycles. The average Bonchev–Trinajstić information content (AvgIpc) is 3.19. The van der Waals surface area contributed by atoms with Gasteiger partial charge in [0.05, 0.1) is 11.4 Å². The molecule has 26 heavy (non-hydrogen) atoms. The molecule has 1 saturated heterocycles. The first-order valence-electron chi connectivity index (χ1n) is 9.09. The van der Waals surface area contributed by atoms with E-state index in [0.717, 1.165) is 36.6 Å². The third-order valence-electron chi connectivity index (χ3n) is 5.16. The van der Waals surface area contributed by atoms with Crippen LogP contribution in [0, 0.1) is 6.92 Å². The van der Waals surface area contributed by atoms with Crippen LogP contribution in [-0.2, 0) is 12.1 Å². The highest BCUT2D eigenvalue weighted by Crippen LogP contribution is 2.32. The van der Waals surface area contributed by atoms with Crippen molar-refractivity contribution in [1.29, 1.82) is 0 Å². The van der Waals surface area contributed by atoms with Crippen molar-refractivity contribution in [3.8, 4) is 5.69 Å². The number of nitrogens with zero attached hydrogens (tertiary/aromatic N) is 4. The van der Waals surface area contributed by atoms with Gasteiger partial charge in [-0.3, -0.25) is 9.88 Å². The summed E-state index contributed by atoms with van der Waals surface area (Å²) in [6, 6.07) is 14.4. The molecule has 0 bridgehead atoms. The molecule has 1 aliphatic heterocycles. The standard InChI is InChI=1S/C21H24N4O/c1-17-6-7-20(22-15-17)21(26)8-12-24(13-9-21)16-18-4-2-5-19(14-18)25-11-3-10-23-25/h2-7,10-11,14-15,26H,8-9,12-13,16H2,1H3. The van der Waals surface area contributed by atoms with E-state index in [1.54, 1.807) is 6.20 Å². The Hall–Kier alpha value is -2.50. The lowest BCUT2D eigenvalue weighted by Crippen LogP contribution is -2.42. The second-order valence-electron chi connectivity index (χ2n) is 7.15. The van der Waals surface area contributed by atoms with Crippen molar-refractivity contribution in [3.05, 3.63) is 77.9 Å². The summed E-state index contributed by atoms with van der Waals surface area (Å²) in [6.45, 7) is 4.61. The molecule has 5 heteroatoms. The second-order valence-corrected chi connectivity index (χ2v) is 7.15. The number of piperidine rings is 1. The minimum atomic E-state index is -0.804. The minimum absolute atomic E-state index is 0.710. The zero-order valence-electron chi connectivity index (χ0n) is 15.0. The van der Waals surface area contributed by atoms with Crippen LogP contribution in [-0.4, -0.2) is 37.9 Å². The smallest absolute Gasteiger partial charge is 0.109 e. The highest BCUT2D eigenvalue weighted by molar-refractivity contribution is 5.35. The maximum Gasteiger partial charge on any atom is 0.109 e. The Balaban J connectivity index is 1.41. The van der Waals surface area contributed by atoms with Gasteiger partial charge in [0.25, 0.3) is 0 Å². The molecule has 3 heterocycles. The van der Waals surface area contributed by atoms with Gasteiger partial charge in [-0.15, -0.1) is 0 Å². The molecule has 3 aromatic rings. The average molecular weight is 348 g/mol. The highest BCUT2D eigenvalue weighted by Gasteiger charge is 2.35. The Kier molecular flexibility index (Phi) is 4.57. The van der Waals surface area contributed by atoms with Crippen LogP contribution in [0.1, 0.15) is 29.7 Å². The molecule has 0 saturated carbocycles. The van der Waals surface area contributed by atoms with Crippen LogP contribution < -0.4 is 0 Å². The molecular formula is C21H24N4O. The van der Waals surface area contributed by atoms with Gasteiger partial charge in [-0.1, -0.05) is 18.2 Å². The van der Waals surface area contributed by atoms with E-state index in [0.29, 0.717) is 12.8 Å². The topological polar surface area (TPSA) is 54.2 Å². The van der Waals surface area contributed by atoms with Crippen molar-refractivity contribution in [3.63, 3.8) is 0 Å². The SMILES string of the molecule is Cc1ccc(C2(O)CCN(Cc3cccc(-n4cccn4)c3)CC2)nc1. The highest BCUT2D eigenvalue weighted by atomic mass is 16.3. The Labute approximate surface area is 153 Å². The summed E-state index contributed by atoms with van der Waals surface area (Å²) in [6.07, 6.45) is 7.00. The molecule has 0 spiro atoms. The summed E-state index contributed by atoms with van der Waals surface area (Å²) in [5.74, 6) is 0. The van der Waals surface area contributed by atoms with E-state index in [9.17, 15) is 5.11 Å². The Morgan fingerprint density at radius 2 is 1.96 bits per heavy atom. The van der Waals surface area contributed by atoms with Crippen molar-refractivity contribution in [2.45, 2.75) is 31.9 Å². The number of likely N-dealkylation sites (tertiary alicyclic amines) is 1. The number of aryl methyl sites for hydroxylation is 1.